The molecule has 0 saturated carbocycles. The second-order valence-electron chi connectivity index (χ2n) is 14.4. The van der Waals surface area contributed by atoms with Crippen LogP contribution in [-0.4, -0.2) is 14.5 Å². The minimum absolute atomic E-state index is 0.692. The van der Waals surface area contributed by atoms with E-state index in [1.807, 2.05) is 42.9 Å². The fourth-order valence-electron chi connectivity index (χ4n) is 7.78. The van der Waals surface area contributed by atoms with Crippen LogP contribution < -0.4 is 15.5 Å². The van der Waals surface area contributed by atoms with Crippen molar-refractivity contribution in [2.75, 3.05) is 15.5 Å². The van der Waals surface area contributed by atoms with Gasteiger partial charge < -0.3 is 20.1 Å². The molecule has 0 bridgehead atoms. The normalized spacial score (nSPS) is 11.0. The van der Waals surface area contributed by atoms with Crippen molar-refractivity contribution in [1.29, 1.82) is 0 Å². The zero-order valence-electron chi connectivity index (χ0n) is 32.4. The number of hydrogen-bond donors (Lipinski definition) is 1. The van der Waals surface area contributed by atoms with Crippen LogP contribution in [0.15, 0.2) is 207 Å². The minimum atomic E-state index is 0.692. The topological polar surface area (TPSA) is 63.2 Å². The average molecular weight is 751 g/mol. The number of rotatable bonds is 10. The summed E-state index contributed by atoms with van der Waals surface area (Å²) in [6.07, 6.45) is 7.39. The summed E-state index contributed by atoms with van der Waals surface area (Å²) in [6, 6.07) is 63.6. The molecule has 280 valence electrons. The van der Waals surface area contributed by atoms with E-state index < -0.39 is 0 Å². The molecular formula is C52H42N6. The molecular weight excluding hydrogens is 709 g/mol. The molecule has 0 radical (unpaired) electrons. The van der Waals surface area contributed by atoms with E-state index in [0.29, 0.717) is 5.69 Å². The Morgan fingerprint density at radius 1 is 0.414 bits per heavy atom. The highest BCUT2D eigenvalue weighted by Gasteiger charge is 2.19. The molecule has 0 spiro atoms. The number of nitrogen functional groups attached to an aromatic ring is 1. The average Bonchev–Trinajstić information content (AvgIpc) is 3.66. The summed E-state index contributed by atoms with van der Waals surface area (Å²) in [6.45, 7) is 2.17. The lowest BCUT2D eigenvalue weighted by Gasteiger charge is -2.26. The lowest BCUT2D eigenvalue weighted by Crippen LogP contribution is -2.11. The van der Waals surface area contributed by atoms with Crippen molar-refractivity contribution >= 4 is 39.8 Å². The number of hydrogen-bond acceptors (Lipinski definition) is 5. The number of anilines is 7. The highest BCUT2D eigenvalue weighted by atomic mass is 15.2. The van der Waals surface area contributed by atoms with E-state index in [0.717, 1.165) is 67.8 Å². The Balaban J connectivity index is 1.02. The fourth-order valence-corrected chi connectivity index (χ4v) is 7.78. The van der Waals surface area contributed by atoms with Gasteiger partial charge in [0, 0.05) is 64.7 Å². The predicted molar refractivity (Wildman–Crippen MR) is 241 cm³/mol. The number of benzene rings is 6. The third-order valence-electron chi connectivity index (χ3n) is 10.7. The monoisotopic (exact) mass is 750 g/mol. The Hall–Kier alpha value is -7.70. The molecule has 58 heavy (non-hydrogen) atoms. The summed E-state index contributed by atoms with van der Waals surface area (Å²) in [5.74, 6) is 0. The maximum Gasteiger partial charge on any atom is 0.0644 e. The maximum atomic E-state index is 6.93. The quantitative estimate of drug-likeness (QED) is 0.141. The highest BCUT2D eigenvalue weighted by Crippen LogP contribution is 2.41. The first-order valence-corrected chi connectivity index (χ1v) is 19.4. The van der Waals surface area contributed by atoms with Gasteiger partial charge in [-0.2, -0.15) is 0 Å². The van der Waals surface area contributed by atoms with Crippen LogP contribution >= 0.6 is 0 Å². The van der Waals surface area contributed by atoms with Gasteiger partial charge >= 0.3 is 0 Å². The molecule has 3 aromatic heterocycles. The lowest BCUT2D eigenvalue weighted by molar-refractivity contribution is 0.945. The van der Waals surface area contributed by atoms with E-state index in [4.69, 9.17) is 5.73 Å². The summed E-state index contributed by atoms with van der Waals surface area (Å²) in [5.41, 5.74) is 23.8. The van der Waals surface area contributed by atoms with Crippen LogP contribution in [0.25, 0.3) is 44.8 Å². The highest BCUT2D eigenvalue weighted by molar-refractivity contribution is 5.86. The Morgan fingerprint density at radius 3 is 1.29 bits per heavy atom. The van der Waals surface area contributed by atoms with Crippen LogP contribution in [0.5, 0.6) is 0 Å². The van der Waals surface area contributed by atoms with Gasteiger partial charge in [0.2, 0.25) is 0 Å². The summed E-state index contributed by atoms with van der Waals surface area (Å²) >= 11 is 0. The molecule has 9 aromatic rings. The molecule has 0 unspecified atom stereocenters. The summed E-state index contributed by atoms with van der Waals surface area (Å²) < 4.78 is 2.23. The van der Waals surface area contributed by atoms with Crippen LogP contribution in [0, 0.1) is 6.92 Å². The van der Waals surface area contributed by atoms with Crippen molar-refractivity contribution < 1.29 is 0 Å². The molecule has 0 amide bonds. The van der Waals surface area contributed by atoms with Crippen molar-refractivity contribution in [2.24, 2.45) is 7.05 Å². The Kier molecular flexibility index (Phi) is 9.80. The third-order valence-corrected chi connectivity index (χ3v) is 10.7. The van der Waals surface area contributed by atoms with E-state index in [9.17, 15) is 0 Å². The zero-order valence-corrected chi connectivity index (χ0v) is 32.4. The molecule has 0 fully saturated rings. The standard InChI is InChI=1S/C52H42N6/c1-37-33-44(57(46-15-9-31-54-35-46)42-21-17-40(18-22-42)38-11-5-3-6-12-38)25-27-48(37)51-29-30-52(56(51)2)49-28-26-45(34-50(49)53)58(47-16-10-32-55-36-47)43-23-19-41(20-24-43)39-13-7-4-8-14-39/h3-36H,53H2,1-2H3. The maximum absolute atomic E-state index is 6.93. The summed E-state index contributed by atoms with van der Waals surface area (Å²) in [4.78, 5) is 13.3. The number of aromatic nitrogens is 3. The largest absolute Gasteiger partial charge is 0.398 e. The van der Waals surface area contributed by atoms with Crippen molar-refractivity contribution in [3.05, 3.63) is 212 Å². The second kappa shape index (κ2) is 15.8. The Morgan fingerprint density at radius 2 is 0.845 bits per heavy atom. The Labute approximate surface area is 339 Å². The lowest BCUT2D eigenvalue weighted by atomic mass is 10.0. The molecule has 2 N–H and O–H groups in total. The zero-order chi connectivity index (χ0) is 39.4. The van der Waals surface area contributed by atoms with Crippen molar-refractivity contribution in [3.8, 4) is 44.8 Å². The number of nitrogens with zero attached hydrogens (tertiary/aromatic N) is 5. The van der Waals surface area contributed by atoms with Crippen LogP contribution in [0.1, 0.15) is 5.56 Å². The molecule has 0 aliphatic rings. The van der Waals surface area contributed by atoms with E-state index in [-0.39, 0.29) is 0 Å². The molecule has 6 aromatic carbocycles. The first kappa shape index (κ1) is 36.0. The van der Waals surface area contributed by atoms with Crippen molar-refractivity contribution in [1.82, 2.24) is 14.5 Å². The van der Waals surface area contributed by atoms with E-state index in [1.165, 1.54) is 16.7 Å². The van der Waals surface area contributed by atoms with Crippen LogP contribution in [0.4, 0.5) is 39.8 Å². The summed E-state index contributed by atoms with van der Waals surface area (Å²) in [5, 5.41) is 0. The van der Waals surface area contributed by atoms with Crippen LogP contribution in [0.2, 0.25) is 0 Å². The number of aryl methyl sites for hydroxylation is 1. The molecule has 0 aliphatic heterocycles. The second-order valence-corrected chi connectivity index (χ2v) is 14.4. The molecule has 6 heteroatoms. The van der Waals surface area contributed by atoms with Gasteiger partial charge in [-0.1, -0.05) is 91.0 Å². The first-order chi connectivity index (χ1) is 28.5. The van der Waals surface area contributed by atoms with Gasteiger partial charge in [0.05, 0.1) is 29.5 Å². The smallest absolute Gasteiger partial charge is 0.0644 e. The van der Waals surface area contributed by atoms with Crippen molar-refractivity contribution in [2.45, 2.75) is 6.92 Å². The molecule has 0 aliphatic carbocycles. The van der Waals surface area contributed by atoms with Crippen LogP contribution in [-0.2, 0) is 7.05 Å². The van der Waals surface area contributed by atoms with Gasteiger partial charge in [0.25, 0.3) is 0 Å². The van der Waals surface area contributed by atoms with Gasteiger partial charge in [-0.25, -0.2) is 0 Å². The van der Waals surface area contributed by atoms with E-state index in [1.54, 1.807) is 6.20 Å². The SMILES string of the molecule is Cc1cc(N(c2ccc(-c3ccccc3)cc2)c2cccnc2)ccc1-c1ccc(-c2ccc(N(c3ccc(-c4ccccc4)cc3)c3cccnc3)cc2N)n1C. The van der Waals surface area contributed by atoms with Crippen LogP contribution in [0.3, 0.4) is 0 Å². The molecule has 0 atom stereocenters. The summed E-state index contributed by atoms with van der Waals surface area (Å²) in [7, 11) is 2.11. The molecule has 0 saturated heterocycles. The van der Waals surface area contributed by atoms with Gasteiger partial charge in [-0.3, -0.25) is 9.97 Å². The number of nitrogens with two attached hydrogens (primary N) is 1. The van der Waals surface area contributed by atoms with E-state index in [2.05, 4.69) is 196 Å². The van der Waals surface area contributed by atoms with Gasteiger partial charge in [0.1, 0.15) is 0 Å². The van der Waals surface area contributed by atoms with Gasteiger partial charge in [-0.15, -0.1) is 0 Å². The van der Waals surface area contributed by atoms with Gasteiger partial charge in [0.15, 0.2) is 0 Å². The first-order valence-electron chi connectivity index (χ1n) is 19.4. The van der Waals surface area contributed by atoms with E-state index >= 15 is 0 Å². The molecule has 9 rings (SSSR count). The number of pyridine rings is 2. The van der Waals surface area contributed by atoms with Crippen molar-refractivity contribution in [3.63, 3.8) is 0 Å². The Bertz CT molecular complexity index is 2590. The third kappa shape index (κ3) is 7.11. The fraction of sp³-hybridized carbons (Fsp3) is 0.0385. The predicted octanol–water partition coefficient (Wildman–Crippen LogP) is 13.3. The minimum Gasteiger partial charge on any atom is -0.398 e. The van der Waals surface area contributed by atoms with Gasteiger partial charge in [-0.05, 0) is 126 Å². The molecule has 6 nitrogen and oxygen atoms in total. The molecule has 3 heterocycles.